The molecule has 2 aliphatic rings. The summed E-state index contributed by atoms with van der Waals surface area (Å²) in [7, 11) is 0. The standard InChI is InChI=1S/C17H19BrF3N3O4/c18-10-7-12(15(25)23-3-5-28-6-4-23)14(13(8-10)17(19,20)21)24-2-1-11(9-24)22-16(26)27/h7-8,11,22H,1-6,9H2,(H,26,27). The predicted molar refractivity (Wildman–Crippen MR) is 97.6 cm³/mol. The zero-order valence-corrected chi connectivity index (χ0v) is 16.3. The van der Waals surface area contributed by atoms with Crippen LogP contribution in [0.2, 0.25) is 0 Å². The van der Waals surface area contributed by atoms with Gasteiger partial charge in [0.1, 0.15) is 0 Å². The molecular weight excluding hydrogens is 447 g/mol. The number of nitrogens with one attached hydrogen (secondary N) is 1. The molecule has 1 atom stereocenters. The number of hydrogen-bond acceptors (Lipinski definition) is 4. The first-order chi connectivity index (χ1) is 13.2. The van der Waals surface area contributed by atoms with Crippen LogP contribution in [0.25, 0.3) is 0 Å². The maximum Gasteiger partial charge on any atom is 0.418 e. The van der Waals surface area contributed by atoms with Gasteiger partial charge in [-0.05, 0) is 18.6 Å². The molecule has 28 heavy (non-hydrogen) atoms. The van der Waals surface area contributed by atoms with Gasteiger partial charge in [-0.1, -0.05) is 15.9 Å². The molecule has 0 saturated carbocycles. The Morgan fingerprint density at radius 2 is 1.89 bits per heavy atom. The number of carbonyl (C=O) groups is 2. The molecule has 1 unspecified atom stereocenters. The van der Waals surface area contributed by atoms with E-state index in [-0.39, 0.29) is 28.8 Å². The summed E-state index contributed by atoms with van der Waals surface area (Å²) in [6.07, 6.45) is -5.55. The highest BCUT2D eigenvalue weighted by Gasteiger charge is 2.40. The van der Waals surface area contributed by atoms with Crippen LogP contribution in [-0.2, 0) is 10.9 Å². The van der Waals surface area contributed by atoms with Crippen molar-refractivity contribution >= 4 is 33.6 Å². The lowest BCUT2D eigenvalue weighted by atomic mass is 10.0. The van der Waals surface area contributed by atoms with Crippen LogP contribution in [0.3, 0.4) is 0 Å². The zero-order chi connectivity index (χ0) is 20.5. The third kappa shape index (κ3) is 4.52. The average Bonchev–Trinajstić information content (AvgIpc) is 3.07. The maximum absolute atomic E-state index is 13.8. The molecule has 0 radical (unpaired) electrons. The van der Waals surface area contributed by atoms with Gasteiger partial charge in [0, 0.05) is 30.7 Å². The van der Waals surface area contributed by atoms with Gasteiger partial charge in [-0.3, -0.25) is 4.79 Å². The van der Waals surface area contributed by atoms with E-state index in [0.717, 1.165) is 6.07 Å². The van der Waals surface area contributed by atoms with Crippen LogP contribution in [0.15, 0.2) is 16.6 Å². The van der Waals surface area contributed by atoms with Crippen LogP contribution in [0.4, 0.5) is 23.7 Å². The van der Waals surface area contributed by atoms with Gasteiger partial charge in [0.25, 0.3) is 5.91 Å². The molecule has 0 aromatic heterocycles. The van der Waals surface area contributed by atoms with Crippen molar-refractivity contribution in [2.75, 3.05) is 44.3 Å². The molecule has 2 aliphatic heterocycles. The topological polar surface area (TPSA) is 82.1 Å². The number of alkyl halides is 3. The van der Waals surface area contributed by atoms with E-state index in [1.807, 2.05) is 0 Å². The fourth-order valence-electron chi connectivity index (χ4n) is 3.51. The van der Waals surface area contributed by atoms with E-state index in [1.54, 1.807) is 0 Å². The average molecular weight is 466 g/mol. The Morgan fingerprint density at radius 3 is 2.50 bits per heavy atom. The van der Waals surface area contributed by atoms with E-state index in [1.165, 1.54) is 15.9 Å². The molecular formula is C17H19BrF3N3O4. The van der Waals surface area contributed by atoms with Crippen molar-refractivity contribution in [2.45, 2.75) is 18.6 Å². The van der Waals surface area contributed by atoms with Gasteiger partial charge in [-0.25, -0.2) is 4.79 Å². The number of carboxylic acid groups (broad SMARTS) is 1. The Bertz CT molecular complexity index is 769. The molecule has 3 rings (SSSR count). The molecule has 2 saturated heterocycles. The molecule has 1 aromatic rings. The summed E-state index contributed by atoms with van der Waals surface area (Å²) in [5.74, 6) is -0.500. The number of hydrogen-bond donors (Lipinski definition) is 2. The first kappa shape index (κ1) is 20.7. The molecule has 0 aliphatic carbocycles. The van der Waals surface area contributed by atoms with Crippen LogP contribution in [0.1, 0.15) is 22.3 Å². The molecule has 2 amide bonds. The maximum atomic E-state index is 13.8. The number of carbonyl (C=O) groups excluding carboxylic acids is 1. The summed E-state index contributed by atoms with van der Waals surface area (Å²) in [5.41, 5.74) is -1.18. The van der Waals surface area contributed by atoms with Crippen LogP contribution >= 0.6 is 15.9 Å². The zero-order valence-electron chi connectivity index (χ0n) is 14.8. The molecule has 154 valence electrons. The second-order valence-electron chi connectivity index (χ2n) is 6.63. The van der Waals surface area contributed by atoms with Crippen molar-refractivity contribution in [1.29, 1.82) is 0 Å². The number of halogens is 4. The second-order valence-corrected chi connectivity index (χ2v) is 7.55. The van der Waals surface area contributed by atoms with Crippen molar-refractivity contribution in [3.8, 4) is 0 Å². The lowest BCUT2D eigenvalue weighted by Crippen LogP contribution is -2.42. The number of ether oxygens (including phenoxy) is 1. The van der Waals surface area contributed by atoms with Crippen molar-refractivity contribution in [1.82, 2.24) is 10.2 Å². The Hall–Kier alpha value is -2.01. The molecule has 1 aromatic carbocycles. The van der Waals surface area contributed by atoms with Crippen molar-refractivity contribution in [3.63, 3.8) is 0 Å². The summed E-state index contributed by atoms with van der Waals surface area (Å²) in [5, 5.41) is 11.2. The summed E-state index contributed by atoms with van der Waals surface area (Å²) in [6.45, 7) is 1.52. The number of benzene rings is 1. The summed E-state index contributed by atoms with van der Waals surface area (Å²) < 4.78 is 46.7. The smallest absolute Gasteiger partial charge is 0.418 e. The number of anilines is 1. The Labute approximate surface area is 167 Å². The van der Waals surface area contributed by atoms with Gasteiger partial charge >= 0.3 is 12.3 Å². The Morgan fingerprint density at radius 1 is 1.21 bits per heavy atom. The second kappa shape index (κ2) is 8.16. The minimum absolute atomic E-state index is 0.0559. The van der Waals surface area contributed by atoms with Gasteiger partial charge in [-0.2, -0.15) is 13.2 Å². The molecule has 2 N–H and O–H groups in total. The molecule has 2 heterocycles. The summed E-state index contributed by atoms with van der Waals surface area (Å²) >= 11 is 3.08. The van der Waals surface area contributed by atoms with Gasteiger partial charge < -0.3 is 25.0 Å². The van der Waals surface area contributed by atoms with Crippen LogP contribution in [0.5, 0.6) is 0 Å². The molecule has 0 spiro atoms. The fourth-order valence-corrected chi connectivity index (χ4v) is 3.97. The molecule has 7 nitrogen and oxygen atoms in total. The molecule has 0 bridgehead atoms. The molecule has 2 fully saturated rings. The summed E-state index contributed by atoms with van der Waals surface area (Å²) in [6, 6.07) is 1.83. The van der Waals surface area contributed by atoms with Gasteiger partial charge in [0.2, 0.25) is 0 Å². The van der Waals surface area contributed by atoms with Gasteiger partial charge in [0.05, 0.1) is 36.1 Å². The fraction of sp³-hybridized carbons (Fsp3) is 0.529. The number of rotatable bonds is 3. The third-order valence-corrected chi connectivity index (χ3v) is 5.20. The van der Waals surface area contributed by atoms with Gasteiger partial charge in [-0.15, -0.1) is 0 Å². The van der Waals surface area contributed by atoms with Crippen molar-refractivity contribution < 1.29 is 32.6 Å². The van der Waals surface area contributed by atoms with E-state index >= 15 is 0 Å². The van der Waals surface area contributed by atoms with E-state index < -0.39 is 29.8 Å². The minimum atomic E-state index is -4.67. The Kier molecular flexibility index (Phi) is 6.04. The first-order valence-corrected chi connectivity index (χ1v) is 9.48. The van der Waals surface area contributed by atoms with Crippen molar-refractivity contribution in [3.05, 3.63) is 27.7 Å². The van der Waals surface area contributed by atoms with Crippen molar-refractivity contribution in [2.24, 2.45) is 0 Å². The first-order valence-electron chi connectivity index (χ1n) is 8.69. The van der Waals surface area contributed by atoms with E-state index in [4.69, 9.17) is 9.84 Å². The highest BCUT2D eigenvalue weighted by molar-refractivity contribution is 9.10. The van der Waals surface area contributed by atoms with Crippen LogP contribution in [0, 0.1) is 0 Å². The highest BCUT2D eigenvalue weighted by Crippen LogP contribution is 2.42. The predicted octanol–water partition coefficient (Wildman–Crippen LogP) is 2.79. The molecule has 11 heteroatoms. The quantitative estimate of drug-likeness (QED) is 0.717. The number of morpholine rings is 1. The number of nitrogens with zero attached hydrogens (tertiary/aromatic N) is 2. The number of amides is 2. The SMILES string of the molecule is O=C(O)NC1CCN(c2c(C(=O)N3CCOCC3)cc(Br)cc2C(F)(F)F)C1. The van der Waals surface area contributed by atoms with E-state index in [0.29, 0.717) is 32.7 Å². The monoisotopic (exact) mass is 465 g/mol. The third-order valence-electron chi connectivity index (χ3n) is 4.74. The van der Waals surface area contributed by atoms with E-state index in [2.05, 4.69) is 21.2 Å². The largest absolute Gasteiger partial charge is 0.465 e. The normalized spacial score (nSPS) is 20.4. The highest BCUT2D eigenvalue weighted by atomic mass is 79.9. The van der Waals surface area contributed by atoms with Crippen LogP contribution < -0.4 is 10.2 Å². The lowest BCUT2D eigenvalue weighted by Gasteiger charge is -2.31. The minimum Gasteiger partial charge on any atom is -0.465 e. The van der Waals surface area contributed by atoms with E-state index in [9.17, 15) is 22.8 Å². The summed E-state index contributed by atoms with van der Waals surface area (Å²) in [4.78, 5) is 26.8. The van der Waals surface area contributed by atoms with Gasteiger partial charge in [0.15, 0.2) is 0 Å². The Balaban J connectivity index is 2.02. The lowest BCUT2D eigenvalue weighted by molar-refractivity contribution is -0.137. The van der Waals surface area contributed by atoms with Crippen LogP contribution in [-0.4, -0.2) is 67.4 Å².